The maximum Gasteiger partial charge on any atom is 0.269 e. The number of hydrogen-bond acceptors (Lipinski definition) is 5. The fourth-order valence-corrected chi connectivity index (χ4v) is 4.76. The molecule has 0 bridgehead atoms. The molecule has 0 spiro atoms. The van der Waals surface area contributed by atoms with Gasteiger partial charge in [-0.2, -0.15) is 0 Å². The summed E-state index contributed by atoms with van der Waals surface area (Å²) in [5.74, 6) is 0.357. The molecule has 0 radical (unpaired) electrons. The summed E-state index contributed by atoms with van der Waals surface area (Å²) in [7, 11) is -3.78. The summed E-state index contributed by atoms with van der Waals surface area (Å²) in [4.78, 5) is 4.45. The van der Waals surface area contributed by atoms with E-state index in [9.17, 15) is 8.42 Å². The molecule has 0 saturated carbocycles. The number of aliphatic imine (C=N–C) groups is 1. The van der Waals surface area contributed by atoms with E-state index in [4.69, 9.17) is 4.52 Å². The number of rotatable bonds is 3. The summed E-state index contributed by atoms with van der Waals surface area (Å²) in [5, 5.41) is 4.09. The summed E-state index contributed by atoms with van der Waals surface area (Å²) in [6.45, 7) is 6.23. The molecule has 0 atom stereocenters. The SMILES string of the molecule is Cc1cc(C)c(-c2noc3c2S(=O)(=O)NC3=NCc2ccccc2)c(C)c1. The number of nitrogens with one attached hydrogen (secondary N) is 1. The van der Waals surface area contributed by atoms with Gasteiger partial charge >= 0.3 is 0 Å². The summed E-state index contributed by atoms with van der Waals surface area (Å²) >= 11 is 0. The Hall–Kier alpha value is -2.93. The van der Waals surface area contributed by atoms with Crippen LogP contribution in [0.4, 0.5) is 0 Å². The number of aryl methyl sites for hydroxylation is 3. The largest absolute Gasteiger partial charge is 0.351 e. The van der Waals surface area contributed by atoms with Gasteiger partial charge in [0.1, 0.15) is 5.69 Å². The highest BCUT2D eigenvalue weighted by Gasteiger charge is 2.40. The number of fused-ring (bicyclic) bond motifs is 1. The van der Waals surface area contributed by atoms with E-state index in [1.807, 2.05) is 63.2 Å². The zero-order valence-corrected chi connectivity index (χ0v) is 16.1. The van der Waals surface area contributed by atoms with Crippen LogP contribution in [0.15, 0.2) is 56.9 Å². The van der Waals surface area contributed by atoms with Gasteiger partial charge in [-0.05, 0) is 37.5 Å². The monoisotopic (exact) mass is 381 g/mol. The third kappa shape index (κ3) is 3.04. The van der Waals surface area contributed by atoms with E-state index >= 15 is 0 Å². The Morgan fingerprint density at radius 2 is 1.74 bits per heavy atom. The zero-order chi connectivity index (χ0) is 19.2. The van der Waals surface area contributed by atoms with Gasteiger partial charge in [-0.25, -0.2) is 8.42 Å². The molecule has 0 saturated heterocycles. The van der Waals surface area contributed by atoms with Crippen molar-refractivity contribution in [3.8, 4) is 11.3 Å². The van der Waals surface area contributed by atoms with Crippen LogP contribution >= 0.6 is 0 Å². The summed E-state index contributed by atoms with van der Waals surface area (Å²) in [6, 6.07) is 13.6. The fraction of sp³-hybridized carbons (Fsp3) is 0.200. The van der Waals surface area contributed by atoms with Gasteiger partial charge in [-0.3, -0.25) is 9.71 Å². The molecule has 4 rings (SSSR count). The highest BCUT2D eigenvalue weighted by atomic mass is 32.2. The molecule has 2 heterocycles. The van der Waals surface area contributed by atoms with Crippen molar-refractivity contribution in [1.29, 1.82) is 0 Å². The van der Waals surface area contributed by atoms with Gasteiger partial charge in [0, 0.05) is 5.56 Å². The minimum atomic E-state index is -3.78. The van der Waals surface area contributed by atoms with Crippen LogP contribution < -0.4 is 4.72 Å². The Balaban J connectivity index is 1.81. The second-order valence-electron chi connectivity index (χ2n) is 6.72. The van der Waals surface area contributed by atoms with Crippen LogP contribution in [0.3, 0.4) is 0 Å². The lowest BCUT2D eigenvalue weighted by Crippen LogP contribution is -2.23. The summed E-state index contributed by atoms with van der Waals surface area (Å²) < 4.78 is 33.4. The molecule has 27 heavy (non-hydrogen) atoms. The molecule has 2 aromatic carbocycles. The molecule has 138 valence electrons. The van der Waals surface area contributed by atoms with Crippen LogP contribution in [0.1, 0.15) is 28.0 Å². The van der Waals surface area contributed by atoms with Gasteiger partial charge in [-0.15, -0.1) is 0 Å². The second-order valence-corrected chi connectivity index (χ2v) is 8.34. The maximum absolute atomic E-state index is 12.7. The quantitative estimate of drug-likeness (QED) is 0.752. The Labute approximate surface area is 158 Å². The van der Waals surface area contributed by atoms with Crippen LogP contribution in [-0.2, 0) is 16.6 Å². The molecule has 1 aliphatic heterocycles. The normalized spacial score (nSPS) is 16.3. The Morgan fingerprint density at radius 1 is 1.07 bits per heavy atom. The summed E-state index contributed by atoms with van der Waals surface area (Å²) in [6.07, 6.45) is 0. The first-order valence-electron chi connectivity index (χ1n) is 8.56. The number of sulfonamides is 1. The van der Waals surface area contributed by atoms with Crippen molar-refractivity contribution in [3.05, 3.63) is 70.5 Å². The summed E-state index contributed by atoms with van der Waals surface area (Å²) in [5.41, 5.74) is 5.10. The first-order valence-corrected chi connectivity index (χ1v) is 10.0. The molecule has 0 aliphatic carbocycles. The van der Waals surface area contributed by atoms with Gasteiger partial charge in [0.15, 0.2) is 10.7 Å². The molecule has 0 fully saturated rings. The van der Waals surface area contributed by atoms with Crippen LogP contribution in [0.25, 0.3) is 11.3 Å². The second kappa shape index (κ2) is 6.35. The Morgan fingerprint density at radius 3 is 2.41 bits per heavy atom. The lowest BCUT2D eigenvalue weighted by Gasteiger charge is -2.09. The van der Waals surface area contributed by atoms with Crippen molar-refractivity contribution >= 4 is 15.9 Å². The average molecular weight is 381 g/mol. The number of amidine groups is 1. The van der Waals surface area contributed by atoms with Gasteiger partial charge in [0.25, 0.3) is 10.0 Å². The van der Waals surface area contributed by atoms with Gasteiger partial charge in [0.2, 0.25) is 5.76 Å². The standard InChI is InChI=1S/C20H19N3O3S/c1-12-9-13(2)16(14(3)10-12)17-19-18(26-22-17)20(23-27(19,24)25)21-11-15-7-5-4-6-8-15/h4-10H,11H2,1-3H3,(H,21,23). The minimum Gasteiger partial charge on any atom is -0.351 e. The van der Waals surface area contributed by atoms with Crippen molar-refractivity contribution in [2.24, 2.45) is 4.99 Å². The highest BCUT2D eigenvalue weighted by molar-refractivity contribution is 7.90. The average Bonchev–Trinajstić information content (AvgIpc) is 3.14. The van der Waals surface area contributed by atoms with Crippen LogP contribution in [0, 0.1) is 20.8 Å². The molecule has 1 aromatic heterocycles. The molecule has 3 aromatic rings. The molecule has 7 heteroatoms. The van der Waals surface area contributed by atoms with Crippen molar-refractivity contribution in [1.82, 2.24) is 9.88 Å². The topological polar surface area (TPSA) is 84.6 Å². The molecule has 1 aliphatic rings. The van der Waals surface area contributed by atoms with Gasteiger partial charge in [-0.1, -0.05) is 53.2 Å². The molecule has 6 nitrogen and oxygen atoms in total. The number of aromatic nitrogens is 1. The fourth-order valence-electron chi connectivity index (χ4n) is 3.48. The first-order chi connectivity index (χ1) is 12.9. The lowest BCUT2D eigenvalue weighted by molar-refractivity contribution is 0.413. The Kier molecular flexibility index (Phi) is 4.11. The van der Waals surface area contributed by atoms with E-state index in [0.717, 1.165) is 27.8 Å². The third-order valence-electron chi connectivity index (χ3n) is 4.54. The van der Waals surface area contributed by atoms with Crippen molar-refractivity contribution in [2.45, 2.75) is 32.2 Å². The van der Waals surface area contributed by atoms with E-state index in [1.54, 1.807) is 0 Å². The first kappa shape index (κ1) is 17.5. The van der Waals surface area contributed by atoms with E-state index in [0.29, 0.717) is 12.2 Å². The smallest absolute Gasteiger partial charge is 0.269 e. The van der Waals surface area contributed by atoms with Gasteiger partial charge in [0.05, 0.1) is 6.54 Å². The molecular formula is C20H19N3O3S. The molecule has 0 amide bonds. The maximum atomic E-state index is 12.7. The van der Waals surface area contributed by atoms with Crippen molar-refractivity contribution in [2.75, 3.05) is 0 Å². The van der Waals surface area contributed by atoms with Crippen molar-refractivity contribution in [3.63, 3.8) is 0 Å². The number of nitrogens with zero attached hydrogens (tertiary/aromatic N) is 2. The number of hydrogen-bond donors (Lipinski definition) is 1. The lowest BCUT2D eigenvalue weighted by atomic mass is 9.97. The Bertz CT molecular complexity index is 1140. The van der Waals surface area contributed by atoms with Crippen LogP contribution in [0.2, 0.25) is 0 Å². The number of benzene rings is 2. The zero-order valence-electron chi connectivity index (χ0n) is 15.3. The van der Waals surface area contributed by atoms with Crippen molar-refractivity contribution < 1.29 is 12.9 Å². The van der Waals surface area contributed by atoms with E-state index in [-0.39, 0.29) is 16.5 Å². The van der Waals surface area contributed by atoms with E-state index in [1.165, 1.54) is 0 Å². The predicted octanol–water partition coefficient (Wildman–Crippen LogP) is 3.51. The molecule has 0 unspecified atom stereocenters. The van der Waals surface area contributed by atoms with Crippen LogP contribution in [-0.4, -0.2) is 19.4 Å². The molecule has 1 N–H and O–H groups in total. The molecular weight excluding hydrogens is 362 g/mol. The highest BCUT2D eigenvalue weighted by Crippen LogP contribution is 2.37. The van der Waals surface area contributed by atoms with Gasteiger partial charge < -0.3 is 4.52 Å². The van der Waals surface area contributed by atoms with Crippen LogP contribution in [0.5, 0.6) is 0 Å². The van der Waals surface area contributed by atoms with E-state index < -0.39 is 10.0 Å². The third-order valence-corrected chi connectivity index (χ3v) is 5.92. The minimum absolute atomic E-state index is 0.0596. The van der Waals surface area contributed by atoms with E-state index in [2.05, 4.69) is 14.9 Å². The predicted molar refractivity (Wildman–Crippen MR) is 103 cm³/mol.